The van der Waals surface area contributed by atoms with Gasteiger partial charge in [-0.25, -0.2) is 19.2 Å². The number of alkyl carbamates (subject to hydrolysis) is 1. The summed E-state index contributed by atoms with van der Waals surface area (Å²) in [6.45, 7) is 0.669. The van der Waals surface area contributed by atoms with Crippen LogP contribution in [-0.2, 0) is 14.2 Å². The normalized spacial score (nSPS) is 27.7. The van der Waals surface area contributed by atoms with E-state index in [9.17, 15) is 9.18 Å². The highest BCUT2D eigenvalue weighted by atomic mass is 19.1. The van der Waals surface area contributed by atoms with E-state index < -0.39 is 12.2 Å². The molecule has 4 atom stereocenters. The van der Waals surface area contributed by atoms with Crippen LogP contribution in [0.15, 0.2) is 36.5 Å². The summed E-state index contributed by atoms with van der Waals surface area (Å²) in [7, 11) is 0. The van der Waals surface area contributed by atoms with Gasteiger partial charge >= 0.3 is 6.09 Å². The number of halogens is 1. The summed E-state index contributed by atoms with van der Waals surface area (Å²) < 4.78 is 31.0. The number of hydrogen-bond acceptors (Lipinski definition) is 7. The van der Waals surface area contributed by atoms with Crippen LogP contribution in [0.5, 0.6) is 0 Å². The van der Waals surface area contributed by atoms with E-state index in [1.807, 2.05) is 0 Å². The van der Waals surface area contributed by atoms with Gasteiger partial charge in [0.1, 0.15) is 18.0 Å². The fraction of sp³-hybridized carbons (Fsp3) is 0.522. The topological polar surface area (TPSA) is 94.6 Å². The number of aromatic nitrogens is 2. The van der Waals surface area contributed by atoms with Gasteiger partial charge in [0, 0.05) is 17.8 Å². The lowest BCUT2D eigenvalue weighted by atomic mass is 9.96. The second-order valence-electron chi connectivity index (χ2n) is 8.55. The molecule has 1 aliphatic carbocycles. The summed E-state index contributed by atoms with van der Waals surface area (Å²) in [5.41, 5.74) is 1.29. The third kappa shape index (κ3) is 4.68. The minimum atomic E-state index is -0.449. The van der Waals surface area contributed by atoms with Crippen molar-refractivity contribution >= 4 is 12.0 Å². The van der Waals surface area contributed by atoms with Crippen LogP contribution in [0.4, 0.5) is 15.1 Å². The van der Waals surface area contributed by atoms with E-state index in [1.165, 1.54) is 18.6 Å². The Bertz CT molecular complexity index is 955. The molecule has 8 nitrogen and oxygen atoms in total. The Morgan fingerprint density at radius 2 is 1.94 bits per heavy atom. The lowest BCUT2D eigenvalue weighted by molar-refractivity contribution is 0.00314. The molecule has 0 unspecified atom stereocenters. The maximum Gasteiger partial charge on any atom is 0.407 e. The monoisotopic (exact) mass is 442 g/mol. The molecular formula is C23H27FN4O4. The molecule has 2 N–H and O–H groups in total. The molecule has 1 saturated carbocycles. The molecule has 2 aromatic rings. The molecule has 3 heterocycles. The first-order chi connectivity index (χ1) is 15.7. The number of carbonyl (C=O) groups excluding carboxylic acids is 1. The zero-order valence-electron chi connectivity index (χ0n) is 17.7. The molecular weight excluding hydrogens is 415 g/mol. The molecule has 1 amide bonds. The van der Waals surface area contributed by atoms with Crippen molar-refractivity contribution in [2.45, 2.75) is 62.5 Å². The minimum absolute atomic E-state index is 0.183. The highest BCUT2D eigenvalue weighted by molar-refractivity contribution is 5.68. The second kappa shape index (κ2) is 9.38. The number of amides is 1. The summed E-state index contributed by atoms with van der Waals surface area (Å²) in [6.07, 6.45) is 5.67. The fourth-order valence-corrected chi connectivity index (χ4v) is 4.68. The molecule has 5 rings (SSSR count). The minimum Gasteiger partial charge on any atom is -0.441 e. The van der Waals surface area contributed by atoms with Crippen molar-refractivity contribution in [3.63, 3.8) is 0 Å². The van der Waals surface area contributed by atoms with Crippen molar-refractivity contribution in [1.29, 1.82) is 0 Å². The van der Waals surface area contributed by atoms with Crippen LogP contribution < -0.4 is 10.6 Å². The van der Waals surface area contributed by atoms with Gasteiger partial charge in [0.05, 0.1) is 24.9 Å². The molecule has 1 aromatic carbocycles. The molecule has 9 heteroatoms. The maximum absolute atomic E-state index is 13.6. The number of nitrogens with zero attached hydrogens (tertiary/aromatic N) is 2. The Hall–Kier alpha value is -2.78. The summed E-state index contributed by atoms with van der Waals surface area (Å²) in [5.74, 6) is 0.0876. The number of rotatable bonds is 5. The van der Waals surface area contributed by atoms with E-state index in [-0.39, 0.29) is 36.7 Å². The third-order valence-corrected chi connectivity index (χ3v) is 6.28. The van der Waals surface area contributed by atoms with Crippen LogP contribution in [0.1, 0.15) is 32.1 Å². The van der Waals surface area contributed by atoms with Crippen LogP contribution >= 0.6 is 0 Å². The number of ether oxygens (including phenoxy) is 3. The molecule has 3 fully saturated rings. The Balaban J connectivity index is 1.18. The quantitative estimate of drug-likeness (QED) is 0.734. The first-order valence-corrected chi connectivity index (χ1v) is 11.2. The Morgan fingerprint density at radius 3 is 2.78 bits per heavy atom. The van der Waals surface area contributed by atoms with Crippen LogP contribution in [0.25, 0.3) is 11.3 Å². The smallest absolute Gasteiger partial charge is 0.407 e. The first kappa shape index (κ1) is 21.1. The number of fused-ring (bicyclic) bond motifs is 1. The average molecular weight is 442 g/mol. The number of hydrogen-bond donors (Lipinski definition) is 2. The van der Waals surface area contributed by atoms with Gasteiger partial charge in [-0.2, -0.15) is 0 Å². The number of nitrogens with one attached hydrogen (secondary N) is 2. The summed E-state index contributed by atoms with van der Waals surface area (Å²) in [6, 6.07) is 8.01. The van der Waals surface area contributed by atoms with Crippen LogP contribution in [0.2, 0.25) is 0 Å². The van der Waals surface area contributed by atoms with E-state index in [4.69, 9.17) is 14.2 Å². The first-order valence-electron chi connectivity index (χ1n) is 11.2. The van der Waals surface area contributed by atoms with Crippen molar-refractivity contribution < 1.29 is 23.4 Å². The van der Waals surface area contributed by atoms with E-state index in [2.05, 4.69) is 20.6 Å². The number of benzene rings is 1. The molecule has 3 aliphatic rings. The summed E-state index contributed by atoms with van der Waals surface area (Å²) in [5, 5.41) is 6.22. The van der Waals surface area contributed by atoms with Crippen molar-refractivity contribution in [3.05, 3.63) is 42.3 Å². The van der Waals surface area contributed by atoms with E-state index in [1.54, 1.807) is 24.4 Å². The molecule has 0 radical (unpaired) electrons. The molecule has 0 bridgehead atoms. The Kier molecular flexibility index (Phi) is 6.18. The van der Waals surface area contributed by atoms with Gasteiger partial charge in [0.2, 0.25) is 5.95 Å². The van der Waals surface area contributed by atoms with Gasteiger partial charge in [-0.1, -0.05) is 31.4 Å². The Labute approximate surface area is 185 Å². The molecule has 32 heavy (non-hydrogen) atoms. The fourth-order valence-electron chi connectivity index (χ4n) is 4.68. The average Bonchev–Trinajstić information content (AvgIpc) is 3.38. The van der Waals surface area contributed by atoms with Crippen molar-refractivity contribution in [2.75, 3.05) is 18.5 Å². The predicted octanol–water partition coefficient (Wildman–Crippen LogP) is 3.29. The van der Waals surface area contributed by atoms with Crippen LogP contribution in [-0.4, -0.2) is 59.7 Å². The predicted molar refractivity (Wildman–Crippen MR) is 115 cm³/mol. The van der Waals surface area contributed by atoms with Crippen molar-refractivity contribution in [2.24, 2.45) is 0 Å². The van der Waals surface area contributed by atoms with E-state index >= 15 is 0 Å². The number of anilines is 1. The maximum atomic E-state index is 13.6. The van der Waals surface area contributed by atoms with Gasteiger partial charge in [0.15, 0.2) is 6.10 Å². The molecule has 2 saturated heterocycles. The Morgan fingerprint density at radius 1 is 1.09 bits per heavy atom. The summed E-state index contributed by atoms with van der Waals surface area (Å²) in [4.78, 5) is 21.1. The SMILES string of the molecule is O=C(NC1CCCCC1)O[C@@H]1CO[C@H]2[C@H]1OC[C@H]2Nc1nccc(-c2cccc(F)c2)n1. The van der Waals surface area contributed by atoms with Crippen molar-refractivity contribution in [3.8, 4) is 11.3 Å². The second-order valence-corrected chi connectivity index (χ2v) is 8.55. The molecule has 170 valence electrons. The van der Waals surface area contributed by atoms with Crippen molar-refractivity contribution in [1.82, 2.24) is 15.3 Å². The van der Waals surface area contributed by atoms with Gasteiger partial charge in [-0.05, 0) is 31.0 Å². The van der Waals surface area contributed by atoms with Gasteiger partial charge in [0.25, 0.3) is 0 Å². The zero-order valence-corrected chi connectivity index (χ0v) is 17.7. The van der Waals surface area contributed by atoms with E-state index in [0.717, 1.165) is 25.7 Å². The molecule has 1 aromatic heterocycles. The van der Waals surface area contributed by atoms with Crippen LogP contribution in [0, 0.1) is 5.82 Å². The van der Waals surface area contributed by atoms with E-state index in [0.29, 0.717) is 23.8 Å². The molecule has 2 aliphatic heterocycles. The van der Waals surface area contributed by atoms with Gasteiger partial charge < -0.3 is 24.8 Å². The van der Waals surface area contributed by atoms with Gasteiger partial charge in [-0.3, -0.25) is 0 Å². The lowest BCUT2D eigenvalue weighted by Crippen LogP contribution is -2.42. The number of carbonyl (C=O) groups is 1. The standard InChI is InChI=1S/C23H27FN4O4/c24-15-6-4-5-14(11-15)17-9-10-25-22(27-17)28-18-12-30-21-19(13-31-20(18)21)32-23(29)26-16-7-2-1-3-8-16/h4-6,9-11,16,18-21H,1-3,7-8,12-13H2,(H,26,29)(H,25,27,28)/t18-,19-,20-,21+/m1/s1. The van der Waals surface area contributed by atoms with Gasteiger partial charge in [-0.15, -0.1) is 0 Å². The largest absolute Gasteiger partial charge is 0.441 e. The van der Waals surface area contributed by atoms with Crippen LogP contribution in [0.3, 0.4) is 0 Å². The summed E-state index contributed by atoms with van der Waals surface area (Å²) >= 11 is 0. The third-order valence-electron chi connectivity index (χ3n) is 6.28. The molecule has 0 spiro atoms. The highest BCUT2D eigenvalue weighted by Crippen LogP contribution is 2.31. The zero-order chi connectivity index (χ0) is 21.9. The highest BCUT2D eigenvalue weighted by Gasteiger charge is 2.49. The lowest BCUT2D eigenvalue weighted by Gasteiger charge is -2.24.